The Morgan fingerprint density at radius 1 is 1.00 bits per heavy atom. The van der Waals surface area contributed by atoms with E-state index in [-0.39, 0.29) is 5.97 Å². The molecular weight excluding hydrogens is 260 g/mol. The molecule has 0 saturated heterocycles. The Kier molecular flexibility index (Phi) is 5.77. The van der Waals surface area contributed by atoms with Crippen LogP contribution in [-0.2, 0) is 4.74 Å². The minimum atomic E-state index is -0.259. The molecule has 0 aromatic heterocycles. The van der Waals surface area contributed by atoms with Gasteiger partial charge in [-0.15, -0.1) is 0 Å². The number of rotatable bonds is 6. The van der Waals surface area contributed by atoms with Crippen LogP contribution in [0, 0.1) is 0 Å². The number of hydrogen-bond acceptors (Lipinski definition) is 2. The number of hydrogen-bond donors (Lipinski definition) is 0. The third-order valence-corrected chi connectivity index (χ3v) is 3.29. The van der Waals surface area contributed by atoms with E-state index in [4.69, 9.17) is 4.74 Å². The summed E-state index contributed by atoms with van der Waals surface area (Å²) in [5.41, 5.74) is 3.06. The number of carbonyl (C=O) groups excluding carboxylic acids is 1. The van der Waals surface area contributed by atoms with Crippen molar-refractivity contribution in [2.45, 2.75) is 19.8 Å². The van der Waals surface area contributed by atoms with Crippen LogP contribution in [0.1, 0.15) is 35.7 Å². The average Bonchev–Trinajstić information content (AvgIpc) is 2.55. The Labute approximate surface area is 126 Å². The zero-order valence-corrected chi connectivity index (χ0v) is 12.3. The molecule has 0 bridgehead atoms. The Bertz CT molecular complexity index is 585. The lowest BCUT2D eigenvalue weighted by molar-refractivity contribution is 0.0509. The molecule has 0 aliphatic heterocycles. The summed E-state index contributed by atoms with van der Waals surface area (Å²) in [6.45, 7) is 2.54. The maximum Gasteiger partial charge on any atom is 0.338 e. The highest BCUT2D eigenvalue weighted by Gasteiger charge is 2.06. The van der Waals surface area contributed by atoms with E-state index in [1.807, 2.05) is 36.4 Å². The van der Waals surface area contributed by atoms with E-state index in [0.717, 1.165) is 12.8 Å². The SMILES string of the molecule is CCC(=Cc1ccccc1)CCOC(=O)c1ccccc1. The van der Waals surface area contributed by atoms with Crippen molar-refractivity contribution in [3.63, 3.8) is 0 Å². The maximum atomic E-state index is 11.8. The van der Waals surface area contributed by atoms with Crippen LogP contribution in [0.3, 0.4) is 0 Å². The number of esters is 1. The molecule has 2 aromatic rings. The van der Waals surface area contributed by atoms with Crippen molar-refractivity contribution in [1.82, 2.24) is 0 Å². The molecule has 0 amide bonds. The second-order valence-electron chi connectivity index (χ2n) is 4.82. The van der Waals surface area contributed by atoms with Gasteiger partial charge in [-0.1, -0.05) is 67.1 Å². The number of carbonyl (C=O) groups is 1. The zero-order valence-electron chi connectivity index (χ0n) is 12.3. The number of benzene rings is 2. The van der Waals surface area contributed by atoms with Crippen molar-refractivity contribution >= 4 is 12.0 Å². The van der Waals surface area contributed by atoms with Gasteiger partial charge in [0.25, 0.3) is 0 Å². The molecule has 0 saturated carbocycles. The van der Waals surface area contributed by atoms with Crippen molar-refractivity contribution in [2.75, 3.05) is 6.61 Å². The number of ether oxygens (including phenoxy) is 1. The lowest BCUT2D eigenvalue weighted by Gasteiger charge is -2.07. The fourth-order valence-electron chi connectivity index (χ4n) is 2.07. The van der Waals surface area contributed by atoms with Crippen LogP contribution in [0.4, 0.5) is 0 Å². The minimum Gasteiger partial charge on any atom is -0.462 e. The van der Waals surface area contributed by atoms with Crippen LogP contribution in [0.15, 0.2) is 66.2 Å². The van der Waals surface area contributed by atoms with Crippen molar-refractivity contribution in [1.29, 1.82) is 0 Å². The van der Waals surface area contributed by atoms with Crippen LogP contribution in [-0.4, -0.2) is 12.6 Å². The summed E-state index contributed by atoms with van der Waals surface area (Å²) >= 11 is 0. The Morgan fingerprint density at radius 3 is 2.24 bits per heavy atom. The molecule has 0 fully saturated rings. The Balaban J connectivity index is 1.87. The molecule has 2 rings (SSSR count). The summed E-state index contributed by atoms with van der Waals surface area (Å²) in [6.07, 6.45) is 3.89. The maximum absolute atomic E-state index is 11.8. The van der Waals surface area contributed by atoms with Gasteiger partial charge in [-0.2, -0.15) is 0 Å². The van der Waals surface area contributed by atoms with Gasteiger partial charge in [0.15, 0.2) is 0 Å². The largest absolute Gasteiger partial charge is 0.462 e. The normalized spacial score (nSPS) is 11.2. The monoisotopic (exact) mass is 280 g/mol. The molecule has 2 nitrogen and oxygen atoms in total. The van der Waals surface area contributed by atoms with Gasteiger partial charge in [-0.05, 0) is 24.1 Å². The van der Waals surface area contributed by atoms with Crippen LogP contribution >= 0.6 is 0 Å². The van der Waals surface area contributed by atoms with Crippen molar-refractivity contribution in [2.24, 2.45) is 0 Å². The molecule has 21 heavy (non-hydrogen) atoms. The first-order valence-electron chi connectivity index (χ1n) is 7.26. The molecule has 0 heterocycles. The van der Waals surface area contributed by atoms with E-state index in [1.165, 1.54) is 11.1 Å². The molecule has 2 heteroatoms. The van der Waals surface area contributed by atoms with Gasteiger partial charge in [0.1, 0.15) is 0 Å². The fraction of sp³-hybridized carbons (Fsp3) is 0.211. The lowest BCUT2D eigenvalue weighted by Crippen LogP contribution is -2.06. The molecule has 0 radical (unpaired) electrons. The first-order valence-corrected chi connectivity index (χ1v) is 7.26. The third-order valence-electron chi connectivity index (χ3n) is 3.29. The van der Waals surface area contributed by atoms with Gasteiger partial charge in [-0.3, -0.25) is 0 Å². The highest BCUT2D eigenvalue weighted by Crippen LogP contribution is 2.13. The van der Waals surface area contributed by atoms with E-state index in [1.54, 1.807) is 12.1 Å². The van der Waals surface area contributed by atoms with Crippen LogP contribution in [0.2, 0.25) is 0 Å². The predicted molar refractivity (Wildman–Crippen MR) is 86.1 cm³/mol. The van der Waals surface area contributed by atoms with Crippen molar-refractivity contribution in [3.8, 4) is 0 Å². The highest BCUT2D eigenvalue weighted by molar-refractivity contribution is 5.89. The fourth-order valence-corrected chi connectivity index (χ4v) is 2.07. The molecule has 0 unspecified atom stereocenters. The topological polar surface area (TPSA) is 26.3 Å². The van der Waals surface area contributed by atoms with Crippen molar-refractivity contribution < 1.29 is 9.53 Å². The summed E-state index contributed by atoms with van der Waals surface area (Å²) in [5.74, 6) is -0.259. The Morgan fingerprint density at radius 2 is 1.62 bits per heavy atom. The molecule has 0 N–H and O–H groups in total. The molecule has 2 aromatic carbocycles. The van der Waals surface area contributed by atoms with Crippen molar-refractivity contribution in [3.05, 3.63) is 77.4 Å². The summed E-state index contributed by atoms with van der Waals surface area (Å²) in [7, 11) is 0. The first kappa shape index (κ1) is 15.0. The van der Waals surface area contributed by atoms with Crippen LogP contribution in [0.25, 0.3) is 6.08 Å². The zero-order chi connectivity index (χ0) is 14.9. The minimum absolute atomic E-state index is 0.259. The third kappa shape index (κ3) is 4.92. The molecule has 0 aliphatic rings. The van der Waals surface area contributed by atoms with Gasteiger partial charge >= 0.3 is 5.97 Å². The average molecular weight is 280 g/mol. The van der Waals surface area contributed by atoms with Crippen LogP contribution < -0.4 is 0 Å². The molecule has 0 aliphatic carbocycles. The summed E-state index contributed by atoms with van der Waals surface area (Å²) in [4.78, 5) is 11.8. The van der Waals surface area contributed by atoms with Gasteiger partial charge in [-0.25, -0.2) is 4.79 Å². The van der Waals surface area contributed by atoms with E-state index in [0.29, 0.717) is 12.2 Å². The highest BCUT2D eigenvalue weighted by atomic mass is 16.5. The standard InChI is InChI=1S/C19H20O2/c1-2-16(15-17-9-5-3-6-10-17)13-14-21-19(20)18-11-7-4-8-12-18/h3-12,15H,2,13-14H2,1H3. The van der Waals surface area contributed by atoms with Gasteiger partial charge in [0.05, 0.1) is 12.2 Å². The molecule has 0 spiro atoms. The lowest BCUT2D eigenvalue weighted by atomic mass is 10.1. The second kappa shape index (κ2) is 8.05. The van der Waals surface area contributed by atoms with Gasteiger partial charge in [0, 0.05) is 6.42 Å². The summed E-state index contributed by atoms with van der Waals surface area (Å²) in [5, 5.41) is 0. The predicted octanol–water partition coefficient (Wildman–Crippen LogP) is 4.73. The summed E-state index contributed by atoms with van der Waals surface area (Å²) in [6, 6.07) is 19.3. The second-order valence-corrected chi connectivity index (χ2v) is 4.82. The van der Waals surface area contributed by atoms with E-state index < -0.39 is 0 Å². The van der Waals surface area contributed by atoms with Gasteiger partial charge in [0.2, 0.25) is 0 Å². The van der Waals surface area contributed by atoms with Gasteiger partial charge < -0.3 is 4.74 Å². The van der Waals surface area contributed by atoms with E-state index in [9.17, 15) is 4.79 Å². The summed E-state index contributed by atoms with van der Waals surface area (Å²) < 4.78 is 5.32. The molecule has 108 valence electrons. The van der Waals surface area contributed by atoms with Crippen LogP contribution in [0.5, 0.6) is 0 Å². The Hall–Kier alpha value is -2.35. The van der Waals surface area contributed by atoms with E-state index in [2.05, 4.69) is 25.1 Å². The smallest absolute Gasteiger partial charge is 0.338 e. The van der Waals surface area contributed by atoms with E-state index >= 15 is 0 Å². The molecular formula is C19H20O2. The quantitative estimate of drug-likeness (QED) is 0.715. The molecule has 0 atom stereocenters. The first-order chi connectivity index (χ1) is 10.3.